The molecule has 1 aromatic heterocycles. The molecule has 0 saturated carbocycles. The number of hydrogen-bond donors (Lipinski definition) is 0. The number of halogens is 1. The summed E-state index contributed by atoms with van der Waals surface area (Å²) in [5, 5.41) is 9.21. The van der Waals surface area contributed by atoms with Crippen LogP contribution < -0.4 is 9.47 Å². The molecule has 158 valence electrons. The first-order valence-electron chi connectivity index (χ1n) is 9.56. The number of rotatable bonds is 9. The molecule has 0 aliphatic rings. The van der Waals surface area contributed by atoms with E-state index in [1.807, 2.05) is 25.3 Å². The number of aromatic nitrogens is 3. The van der Waals surface area contributed by atoms with Crippen LogP contribution >= 0.6 is 11.8 Å². The molecule has 0 spiro atoms. The van der Waals surface area contributed by atoms with Crippen molar-refractivity contribution in [3.05, 3.63) is 65.7 Å². The summed E-state index contributed by atoms with van der Waals surface area (Å²) in [6, 6.07) is 13.0. The second-order valence-electron chi connectivity index (χ2n) is 6.96. The lowest BCUT2D eigenvalue weighted by Gasteiger charge is -2.18. The summed E-state index contributed by atoms with van der Waals surface area (Å²) in [6.45, 7) is 5.91. The average Bonchev–Trinajstić information content (AvgIpc) is 3.18. The number of methoxy groups -OCH3 is 1. The minimum atomic E-state index is -0.392. The summed E-state index contributed by atoms with van der Waals surface area (Å²) in [5.74, 6) is 1.82. The minimum absolute atomic E-state index is 0.00174. The average molecular weight is 430 g/mol. The van der Waals surface area contributed by atoms with Gasteiger partial charge in [-0.1, -0.05) is 11.8 Å². The van der Waals surface area contributed by atoms with Crippen LogP contribution in [0.4, 0.5) is 4.39 Å². The largest absolute Gasteiger partial charge is 0.497 e. The van der Waals surface area contributed by atoms with Gasteiger partial charge in [0.15, 0.2) is 22.9 Å². The molecule has 0 aliphatic carbocycles. The Kier molecular flexibility index (Phi) is 7.10. The molecular formula is C22H24FN3O3S. The van der Waals surface area contributed by atoms with Crippen LogP contribution in [-0.4, -0.2) is 33.4 Å². The Bertz CT molecular complexity index is 988. The number of ketones is 1. The van der Waals surface area contributed by atoms with Crippen molar-refractivity contribution in [1.29, 1.82) is 0 Å². The zero-order chi connectivity index (χ0) is 21.7. The number of thioether (sulfide) groups is 1. The number of ether oxygens (including phenoxy) is 2. The Morgan fingerprint density at radius 1 is 1.03 bits per heavy atom. The maximum atomic E-state index is 13.1. The lowest BCUT2D eigenvalue weighted by atomic mass is 10.1. The lowest BCUT2D eigenvalue weighted by Crippen LogP contribution is -2.14. The molecule has 0 fully saturated rings. The minimum Gasteiger partial charge on any atom is -0.497 e. The summed E-state index contributed by atoms with van der Waals surface area (Å²) in [6.07, 6.45) is -0.392. The van der Waals surface area contributed by atoms with E-state index in [4.69, 9.17) is 9.47 Å². The van der Waals surface area contributed by atoms with Gasteiger partial charge in [-0.15, -0.1) is 10.2 Å². The predicted octanol–water partition coefficient (Wildman–Crippen LogP) is 5.12. The smallest absolute Gasteiger partial charge is 0.192 e. The van der Waals surface area contributed by atoms with Crippen LogP contribution in [0.1, 0.15) is 49.1 Å². The first-order chi connectivity index (χ1) is 14.4. The van der Waals surface area contributed by atoms with Gasteiger partial charge >= 0.3 is 0 Å². The molecule has 0 bridgehead atoms. The van der Waals surface area contributed by atoms with Crippen LogP contribution in [0.2, 0.25) is 0 Å². The van der Waals surface area contributed by atoms with Crippen molar-refractivity contribution in [3.63, 3.8) is 0 Å². The molecule has 30 heavy (non-hydrogen) atoms. The molecule has 1 unspecified atom stereocenters. The van der Waals surface area contributed by atoms with Crippen molar-refractivity contribution in [3.8, 4) is 11.5 Å². The maximum absolute atomic E-state index is 13.1. The van der Waals surface area contributed by atoms with Crippen LogP contribution in [0.5, 0.6) is 11.5 Å². The van der Waals surface area contributed by atoms with E-state index >= 15 is 0 Å². The summed E-state index contributed by atoms with van der Waals surface area (Å²) in [5.41, 5.74) is 0.618. The molecule has 1 atom stereocenters. The number of benzene rings is 2. The number of carbonyl (C=O) groups excluding carboxylic acids is 1. The maximum Gasteiger partial charge on any atom is 0.192 e. The standard InChI is InChI=1S/C22H24FN3O3S/c1-14(2)26-21(15(3)29-19-11-7-17(23)8-12-19)24-25-22(26)30-13-20(27)16-5-9-18(28-4)10-6-16/h5-12,14-15H,13H2,1-4H3. The van der Waals surface area contributed by atoms with Gasteiger partial charge < -0.3 is 14.0 Å². The van der Waals surface area contributed by atoms with Crippen molar-refractivity contribution in [2.45, 2.75) is 38.1 Å². The van der Waals surface area contributed by atoms with E-state index in [1.54, 1.807) is 43.5 Å². The van der Waals surface area contributed by atoms with E-state index in [0.29, 0.717) is 28.0 Å². The molecule has 0 saturated heterocycles. The zero-order valence-corrected chi connectivity index (χ0v) is 18.1. The van der Waals surface area contributed by atoms with Gasteiger partial charge in [-0.05, 0) is 69.3 Å². The van der Waals surface area contributed by atoms with Crippen molar-refractivity contribution < 1.29 is 18.7 Å². The van der Waals surface area contributed by atoms with Gasteiger partial charge in [-0.2, -0.15) is 0 Å². The highest BCUT2D eigenvalue weighted by molar-refractivity contribution is 7.99. The van der Waals surface area contributed by atoms with Gasteiger partial charge in [0.2, 0.25) is 0 Å². The van der Waals surface area contributed by atoms with Crippen molar-refractivity contribution in [2.24, 2.45) is 0 Å². The van der Waals surface area contributed by atoms with Gasteiger partial charge in [0.25, 0.3) is 0 Å². The van der Waals surface area contributed by atoms with E-state index in [0.717, 1.165) is 0 Å². The van der Waals surface area contributed by atoms with E-state index in [-0.39, 0.29) is 23.4 Å². The van der Waals surface area contributed by atoms with Gasteiger partial charge in [-0.3, -0.25) is 4.79 Å². The Morgan fingerprint density at radius 3 is 2.27 bits per heavy atom. The molecule has 8 heteroatoms. The van der Waals surface area contributed by atoms with Gasteiger partial charge in [0, 0.05) is 11.6 Å². The van der Waals surface area contributed by atoms with Crippen LogP contribution in [0.25, 0.3) is 0 Å². The summed E-state index contributed by atoms with van der Waals surface area (Å²) in [7, 11) is 1.59. The molecule has 2 aromatic carbocycles. The number of carbonyl (C=O) groups is 1. The van der Waals surface area contributed by atoms with Crippen molar-refractivity contribution in [1.82, 2.24) is 14.8 Å². The Hall–Kier alpha value is -2.87. The number of nitrogens with zero attached hydrogens (tertiary/aromatic N) is 3. The van der Waals surface area contributed by atoms with Gasteiger partial charge in [-0.25, -0.2) is 4.39 Å². The van der Waals surface area contributed by atoms with E-state index in [9.17, 15) is 9.18 Å². The third-order valence-electron chi connectivity index (χ3n) is 4.44. The zero-order valence-electron chi connectivity index (χ0n) is 17.3. The first kappa shape index (κ1) is 21.8. The number of hydrogen-bond acceptors (Lipinski definition) is 6. The second-order valence-corrected chi connectivity index (χ2v) is 7.90. The normalized spacial score (nSPS) is 12.1. The first-order valence-corrected chi connectivity index (χ1v) is 10.5. The lowest BCUT2D eigenvalue weighted by molar-refractivity contribution is 0.102. The fourth-order valence-corrected chi connectivity index (χ4v) is 3.88. The Balaban J connectivity index is 1.71. The molecule has 6 nitrogen and oxygen atoms in total. The van der Waals surface area contributed by atoms with Gasteiger partial charge in [0.1, 0.15) is 17.3 Å². The van der Waals surface area contributed by atoms with Crippen molar-refractivity contribution >= 4 is 17.5 Å². The fourth-order valence-electron chi connectivity index (χ4n) is 2.91. The Labute approximate surface area is 179 Å². The van der Waals surface area contributed by atoms with Crippen LogP contribution in [0.3, 0.4) is 0 Å². The van der Waals surface area contributed by atoms with E-state index in [2.05, 4.69) is 10.2 Å². The highest BCUT2D eigenvalue weighted by Crippen LogP contribution is 2.28. The molecule has 3 aromatic rings. The fraction of sp³-hybridized carbons (Fsp3) is 0.318. The molecule has 3 rings (SSSR count). The van der Waals surface area contributed by atoms with E-state index in [1.165, 1.54) is 23.9 Å². The van der Waals surface area contributed by atoms with E-state index < -0.39 is 6.10 Å². The third-order valence-corrected chi connectivity index (χ3v) is 5.38. The van der Waals surface area contributed by atoms with Crippen molar-refractivity contribution in [2.75, 3.05) is 12.9 Å². The Morgan fingerprint density at radius 2 is 1.67 bits per heavy atom. The van der Waals surface area contributed by atoms with Gasteiger partial charge in [0.05, 0.1) is 12.9 Å². The third kappa shape index (κ3) is 5.18. The van der Waals surface area contributed by atoms with Crippen LogP contribution in [0, 0.1) is 5.82 Å². The SMILES string of the molecule is COc1ccc(C(=O)CSc2nnc(C(C)Oc3ccc(F)cc3)n2C(C)C)cc1. The molecular weight excluding hydrogens is 405 g/mol. The summed E-state index contributed by atoms with van der Waals surface area (Å²) in [4.78, 5) is 12.5. The molecule has 0 amide bonds. The molecule has 0 radical (unpaired) electrons. The second kappa shape index (κ2) is 9.75. The molecule has 0 aliphatic heterocycles. The predicted molar refractivity (Wildman–Crippen MR) is 114 cm³/mol. The molecule has 0 N–H and O–H groups in total. The van der Waals surface area contributed by atoms with Crippen LogP contribution in [-0.2, 0) is 0 Å². The monoisotopic (exact) mass is 429 g/mol. The highest BCUT2D eigenvalue weighted by atomic mass is 32.2. The number of Topliss-reactive ketones (excluding diaryl/α,β-unsaturated/α-hetero) is 1. The topological polar surface area (TPSA) is 66.2 Å². The quantitative estimate of drug-likeness (QED) is 0.347. The summed E-state index contributed by atoms with van der Waals surface area (Å²) >= 11 is 1.34. The highest BCUT2D eigenvalue weighted by Gasteiger charge is 2.22. The van der Waals surface area contributed by atoms with Crippen LogP contribution in [0.15, 0.2) is 53.7 Å². The summed E-state index contributed by atoms with van der Waals surface area (Å²) < 4.78 is 26.1. The molecule has 1 heterocycles.